The maximum absolute atomic E-state index is 13.7. The fourth-order valence-electron chi connectivity index (χ4n) is 4.01. The van der Waals surface area contributed by atoms with E-state index in [-0.39, 0.29) is 24.7 Å². The van der Waals surface area contributed by atoms with E-state index in [2.05, 4.69) is 36.9 Å². The lowest BCUT2D eigenvalue weighted by molar-refractivity contribution is -0.139. The van der Waals surface area contributed by atoms with Crippen LogP contribution in [0.15, 0.2) is 60.3 Å². The minimum Gasteiger partial charge on any atom is -0.506 e. The molecule has 2 aliphatic heterocycles. The lowest BCUT2D eigenvalue weighted by atomic mass is 9.95. The number of halogens is 2. The summed E-state index contributed by atoms with van der Waals surface area (Å²) in [5, 5.41) is 10.0. The van der Waals surface area contributed by atoms with Crippen LogP contribution in [0.1, 0.15) is 31.0 Å². The zero-order valence-corrected chi connectivity index (χ0v) is 22.5. The van der Waals surface area contributed by atoms with Gasteiger partial charge in [0.15, 0.2) is 16.3 Å². The van der Waals surface area contributed by atoms with E-state index in [9.17, 15) is 14.7 Å². The Morgan fingerprint density at radius 2 is 1.97 bits per heavy atom. The first-order chi connectivity index (χ1) is 16.8. The first-order valence-electron chi connectivity index (χ1n) is 10.6. The van der Waals surface area contributed by atoms with E-state index in [1.165, 1.54) is 15.9 Å². The van der Waals surface area contributed by atoms with Gasteiger partial charge in [-0.3, -0.25) is 9.36 Å². The third kappa shape index (κ3) is 4.21. The van der Waals surface area contributed by atoms with Gasteiger partial charge < -0.3 is 19.3 Å². The van der Waals surface area contributed by atoms with Crippen LogP contribution in [-0.2, 0) is 9.53 Å². The minimum absolute atomic E-state index is 0.0705. The highest BCUT2D eigenvalue weighted by Gasteiger charge is 2.34. The number of fused-ring (bicyclic) bond motifs is 2. The quantitative estimate of drug-likeness (QED) is 0.446. The molecular weight excluding hydrogens is 604 g/mol. The van der Waals surface area contributed by atoms with Gasteiger partial charge >= 0.3 is 5.97 Å². The molecule has 0 unspecified atom stereocenters. The highest BCUT2D eigenvalue weighted by Crippen LogP contribution is 2.38. The number of phenols is 1. The van der Waals surface area contributed by atoms with Crippen LogP contribution in [0.5, 0.6) is 17.2 Å². The van der Waals surface area contributed by atoms with Gasteiger partial charge in [0.25, 0.3) is 5.56 Å². The largest absolute Gasteiger partial charge is 0.506 e. The predicted octanol–water partition coefficient (Wildman–Crippen LogP) is 3.76. The number of aromatic hydroxyl groups is 1. The number of aromatic nitrogens is 1. The summed E-state index contributed by atoms with van der Waals surface area (Å²) in [6.45, 7) is 3.77. The van der Waals surface area contributed by atoms with Crippen LogP contribution in [0.25, 0.3) is 6.08 Å². The fraction of sp³-hybridized carbons (Fsp3) is 0.208. The number of benzene rings is 2. The molecule has 0 saturated carbocycles. The molecule has 180 valence electrons. The van der Waals surface area contributed by atoms with E-state index in [4.69, 9.17) is 14.2 Å². The van der Waals surface area contributed by atoms with Gasteiger partial charge in [-0.2, -0.15) is 0 Å². The first kappa shape index (κ1) is 23.8. The summed E-state index contributed by atoms with van der Waals surface area (Å²) in [5.74, 6) is 0.683. The van der Waals surface area contributed by atoms with Crippen molar-refractivity contribution in [2.75, 3.05) is 13.4 Å². The zero-order chi connectivity index (χ0) is 24.9. The van der Waals surface area contributed by atoms with E-state index in [0.29, 0.717) is 52.2 Å². The Hall–Kier alpha value is -2.89. The van der Waals surface area contributed by atoms with E-state index in [0.717, 1.165) is 0 Å². The van der Waals surface area contributed by atoms with Crippen molar-refractivity contribution >= 4 is 55.2 Å². The molecule has 0 spiro atoms. The Kier molecular flexibility index (Phi) is 6.32. The van der Waals surface area contributed by atoms with Crippen molar-refractivity contribution in [3.63, 3.8) is 0 Å². The van der Waals surface area contributed by atoms with E-state index in [1.54, 1.807) is 44.2 Å². The standard InChI is InChI=1S/C24H18Br2N2O6S/c1-3-32-23(31)19-11(2)27-24-28(20(19)13-4-5-16-17(9-13)34-10-33-16)22(30)18(35-24)8-12-6-14(25)21(29)15(26)7-12/h4-9,20,29H,3,10H2,1-2H3/b18-8+/t20-/m0/s1. The highest BCUT2D eigenvalue weighted by molar-refractivity contribution is 9.11. The van der Waals surface area contributed by atoms with Crippen LogP contribution < -0.4 is 24.4 Å². The molecule has 1 aromatic heterocycles. The molecule has 3 aromatic rings. The molecule has 5 rings (SSSR count). The fourth-order valence-corrected chi connectivity index (χ4v) is 6.28. The van der Waals surface area contributed by atoms with Crippen molar-refractivity contribution in [1.82, 2.24) is 4.57 Å². The minimum atomic E-state index is -0.750. The van der Waals surface area contributed by atoms with Crippen LogP contribution in [0.4, 0.5) is 0 Å². The van der Waals surface area contributed by atoms with Gasteiger partial charge in [0.05, 0.1) is 37.4 Å². The highest BCUT2D eigenvalue weighted by atomic mass is 79.9. The van der Waals surface area contributed by atoms with Crippen LogP contribution in [0, 0.1) is 0 Å². The lowest BCUT2D eigenvalue weighted by Crippen LogP contribution is -2.39. The first-order valence-corrected chi connectivity index (χ1v) is 13.0. The Balaban J connectivity index is 1.73. The molecule has 11 heteroatoms. The van der Waals surface area contributed by atoms with Crippen molar-refractivity contribution in [3.05, 3.63) is 81.4 Å². The normalized spacial score (nSPS) is 16.8. The molecule has 8 nitrogen and oxygen atoms in total. The Morgan fingerprint density at radius 3 is 2.69 bits per heavy atom. The average Bonchev–Trinajstić information content (AvgIpc) is 3.40. The van der Waals surface area contributed by atoms with Gasteiger partial charge in [-0.25, -0.2) is 9.79 Å². The summed E-state index contributed by atoms with van der Waals surface area (Å²) in [7, 11) is 0. The molecule has 2 aromatic carbocycles. The molecule has 0 aliphatic carbocycles. The number of esters is 1. The SMILES string of the molecule is CCOC(=O)C1=C(C)N=c2s/c(=C/c3cc(Br)c(O)c(Br)c3)c(=O)n2[C@H]1c1ccc2c(c1)OCO2. The molecule has 0 bridgehead atoms. The number of carbonyl (C=O) groups excluding carboxylic acids is 1. The van der Waals surface area contributed by atoms with E-state index >= 15 is 0 Å². The Morgan fingerprint density at radius 1 is 1.26 bits per heavy atom. The van der Waals surface area contributed by atoms with Gasteiger partial charge in [0.2, 0.25) is 6.79 Å². The van der Waals surface area contributed by atoms with Crippen molar-refractivity contribution in [2.24, 2.45) is 4.99 Å². The Labute approximate surface area is 220 Å². The second kappa shape index (κ2) is 9.29. The van der Waals surface area contributed by atoms with Crippen LogP contribution >= 0.6 is 43.2 Å². The number of phenolic OH excluding ortho intramolecular Hbond substituents is 1. The maximum Gasteiger partial charge on any atom is 0.338 e. The van der Waals surface area contributed by atoms with Crippen molar-refractivity contribution in [2.45, 2.75) is 19.9 Å². The van der Waals surface area contributed by atoms with Gasteiger partial charge in [-0.15, -0.1) is 0 Å². The molecule has 2 aliphatic rings. The second-order valence-electron chi connectivity index (χ2n) is 7.75. The van der Waals surface area contributed by atoms with E-state index < -0.39 is 12.0 Å². The molecule has 1 atom stereocenters. The number of thiazole rings is 1. The molecule has 0 amide bonds. The second-order valence-corrected chi connectivity index (χ2v) is 10.5. The van der Waals surface area contributed by atoms with Gasteiger partial charge in [-0.05, 0) is 87.2 Å². The van der Waals surface area contributed by atoms with Crippen molar-refractivity contribution in [1.29, 1.82) is 0 Å². The predicted molar refractivity (Wildman–Crippen MR) is 136 cm³/mol. The third-order valence-corrected chi connectivity index (χ3v) is 7.76. The Bertz CT molecular complexity index is 1570. The molecule has 3 heterocycles. The van der Waals surface area contributed by atoms with Crippen molar-refractivity contribution in [3.8, 4) is 17.2 Å². The number of hydrogen-bond donors (Lipinski definition) is 1. The topological polar surface area (TPSA) is 99.4 Å². The molecule has 0 radical (unpaired) electrons. The number of nitrogens with zero attached hydrogens (tertiary/aromatic N) is 2. The molecule has 1 N–H and O–H groups in total. The van der Waals surface area contributed by atoms with Crippen LogP contribution in [-0.4, -0.2) is 29.0 Å². The molecule has 35 heavy (non-hydrogen) atoms. The average molecular weight is 622 g/mol. The summed E-state index contributed by atoms with van der Waals surface area (Å²) < 4.78 is 19.2. The third-order valence-electron chi connectivity index (χ3n) is 5.57. The monoisotopic (exact) mass is 620 g/mol. The number of carbonyl (C=O) groups is 1. The van der Waals surface area contributed by atoms with Crippen LogP contribution in [0.3, 0.4) is 0 Å². The molecular formula is C24H18Br2N2O6S. The molecule has 0 saturated heterocycles. The zero-order valence-electron chi connectivity index (χ0n) is 18.5. The van der Waals surface area contributed by atoms with Gasteiger partial charge in [0, 0.05) is 0 Å². The summed E-state index contributed by atoms with van der Waals surface area (Å²) in [5.41, 5.74) is 1.85. The smallest absolute Gasteiger partial charge is 0.338 e. The summed E-state index contributed by atoms with van der Waals surface area (Å²) in [6.07, 6.45) is 1.72. The van der Waals surface area contributed by atoms with E-state index in [1.807, 2.05) is 6.07 Å². The summed E-state index contributed by atoms with van der Waals surface area (Å²) in [6, 6.07) is 8.01. The van der Waals surface area contributed by atoms with Gasteiger partial charge in [0.1, 0.15) is 5.75 Å². The number of rotatable bonds is 4. The van der Waals surface area contributed by atoms with Crippen LogP contribution in [0.2, 0.25) is 0 Å². The maximum atomic E-state index is 13.7. The number of hydrogen-bond acceptors (Lipinski definition) is 8. The number of ether oxygens (including phenoxy) is 3. The summed E-state index contributed by atoms with van der Waals surface area (Å²) >= 11 is 7.86. The number of allylic oxidation sites excluding steroid dienone is 1. The van der Waals surface area contributed by atoms with Gasteiger partial charge in [-0.1, -0.05) is 17.4 Å². The van der Waals surface area contributed by atoms with Crippen molar-refractivity contribution < 1.29 is 24.1 Å². The molecule has 0 fully saturated rings. The summed E-state index contributed by atoms with van der Waals surface area (Å²) in [4.78, 5) is 31.7. The lowest BCUT2D eigenvalue weighted by Gasteiger charge is -2.24.